The van der Waals surface area contributed by atoms with E-state index in [1.54, 1.807) is 32.4 Å². The van der Waals surface area contributed by atoms with Gasteiger partial charge < -0.3 is 34.6 Å². The van der Waals surface area contributed by atoms with E-state index in [9.17, 15) is 9.59 Å². The summed E-state index contributed by atoms with van der Waals surface area (Å²) in [7, 11) is 3.25. The van der Waals surface area contributed by atoms with Crippen molar-refractivity contribution in [3.8, 4) is 11.5 Å². The van der Waals surface area contributed by atoms with Gasteiger partial charge in [0.15, 0.2) is 11.5 Å². The normalized spacial score (nSPS) is 20.0. The van der Waals surface area contributed by atoms with Gasteiger partial charge in [-0.1, -0.05) is 0 Å². The molecule has 9 heteroatoms. The standard InChI is InChI=1S/C27H44N4O5/c1-20(2)31(27(33)21-9-10-24(35-4)25(15-21)36-14-8-13-34-3)19-22-16-28-17-23(22)29-18-26(32)30-11-6-5-7-12-30/h9-10,15,20,22-23,28-29H,5-8,11-14,16-19H2,1-4H3/t22-,23+/m0/s1. The van der Waals surface area contributed by atoms with Gasteiger partial charge in [-0.25, -0.2) is 0 Å². The maximum absolute atomic E-state index is 13.6. The first-order valence-corrected chi connectivity index (χ1v) is 13.3. The smallest absolute Gasteiger partial charge is 0.254 e. The molecule has 1 aromatic rings. The average Bonchev–Trinajstić information content (AvgIpc) is 3.35. The number of methoxy groups -OCH3 is 2. The van der Waals surface area contributed by atoms with Crippen LogP contribution >= 0.6 is 0 Å². The van der Waals surface area contributed by atoms with E-state index in [0.29, 0.717) is 43.4 Å². The number of ether oxygens (including phenoxy) is 3. The van der Waals surface area contributed by atoms with Gasteiger partial charge in [0.1, 0.15) is 0 Å². The number of rotatable bonds is 13. The third-order valence-corrected chi connectivity index (χ3v) is 7.04. The number of hydrogen-bond donors (Lipinski definition) is 2. The van der Waals surface area contributed by atoms with E-state index in [1.165, 1.54) is 6.42 Å². The van der Waals surface area contributed by atoms with Crippen molar-refractivity contribution in [2.24, 2.45) is 5.92 Å². The monoisotopic (exact) mass is 504 g/mol. The average molecular weight is 505 g/mol. The number of piperidine rings is 1. The summed E-state index contributed by atoms with van der Waals surface area (Å²) in [6.45, 7) is 9.44. The number of likely N-dealkylation sites (tertiary alicyclic amines) is 1. The number of nitrogens with one attached hydrogen (secondary N) is 2. The lowest BCUT2D eigenvalue weighted by molar-refractivity contribution is -0.131. The van der Waals surface area contributed by atoms with Crippen molar-refractivity contribution in [1.29, 1.82) is 0 Å². The topological polar surface area (TPSA) is 92.4 Å². The Balaban J connectivity index is 1.62. The van der Waals surface area contributed by atoms with Crippen LogP contribution in [-0.4, -0.2) is 100 Å². The first kappa shape index (κ1) is 28.2. The Hall–Kier alpha value is -2.36. The van der Waals surface area contributed by atoms with Gasteiger partial charge in [-0.2, -0.15) is 0 Å². The molecule has 2 fully saturated rings. The summed E-state index contributed by atoms with van der Waals surface area (Å²) in [6.07, 6.45) is 4.14. The van der Waals surface area contributed by atoms with Crippen LogP contribution in [0.25, 0.3) is 0 Å². The predicted molar refractivity (Wildman–Crippen MR) is 140 cm³/mol. The van der Waals surface area contributed by atoms with Crippen LogP contribution in [0.3, 0.4) is 0 Å². The van der Waals surface area contributed by atoms with Crippen molar-refractivity contribution in [3.63, 3.8) is 0 Å². The Morgan fingerprint density at radius 2 is 1.89 bits per heavy atom. The van der Waals surface area contributed by atoms with Crippen molar-refractivity contribution in [3.05, 3.63) is 23.8 Å². The van der Waals surface area contributed by atoms with Crippen molar-refractivity contribution in [1.82, 2.24) is 20.4 Å². The van der Waals surface area contributed by atoms with Crippen LogP contribution in [0.5, 0.6) is 11.5 Å². The molecule has 2 aliphatic heterocycles. The van der Waals surface area contributed by atoms with Gasteiger partial charge in [0.05, 0.1) is 20.3 Å². The quantitative estimate of drug-likeness (QED) is 0.398. The summed E-state index contributed by atoms with van der Waals surface area (Å²) in [6, 6.07) is 5.51. The van der Waals surface area contributed by atoms with E-state index >= 15 is 0 Å². The Morgan fingerprint density at radius 3 is 2.58 bits per heavy atom. The van der Waals surface area contributed by atoms with Crippen LogP contribution in [0.15, 0.2) is 18.2 Å². The van der Waals surface area contributed by atoms with E-state index in [4.69, 9.17) is 14.2 Å². The van der Waals surface area contributed by atoms with Gasteiger partial charge in [-0.3, -0.25) is 9.59 Å². The zero-order valence-corrected chi connectivity index (χ0v) is 22.4. The molecule has 2 amide bonds. The molecule has 202 valence electrons. The van der Waals surface area contributed by atoms with Crippen LogP contribution < -0.4 is 20.1 Å². The minimum atomic E-state index is -0.0376. The summed E-state index contributed by atoms with van der Waals surface area (Å²) < 4.78 is 16.4. The first-order chi connectivity index (χ1) is 17.4. The second-order valence-electron chi connectivity index (χ2n) is 9.96. The molecule has 0 aliphatic carbocycles. The molecule has 1 aromatic carbocycles. The van der Waals surface area contributed by atoms with E-state index in [0.717, 1.165) is 45.4 Å². The van der Waals surface area contributed by atoms with E-state index in [1.807, 2.05) is 23.6 Å². The molecule has 0 aromatic heterocycles. The maximum atomic E-state index is 13.6. The summed E-state index contributed by atoms with van der Waals surface area (Å²) in [5, 5.41) is 6.91. The lowest BCUT2D eigenvalue weighted by atomic mass is 10.0. The summed E-state index contributed by atoms with van der Waals surface area (Å²) in [4.78, 5) is 30.1. The molecular weight excluding hydrogens is 460 g/mol. The van der Waals surface area contributed by atoms with Gasteiger partial charge in [0.2, 0.25) is 5.91 Å². The molecule has 2 atom stereocenters. The fourth-order valence-electron chi connectivity index (χ4n) is 4.89. The molecule has 0 radical (unpaired) electrons. The van der Waals surface area contributed by atoms with Gasteiger partial charge in [-0.05, 0) is 51.3 Å². The van der Waals surface area contributed by atoms with E-state index in [-0.39, 0.29) is 29.8 Å². The molecule has 2 saturated heterocycles. The zero-order valence-electron chi connectivity index (χ0n) is 22.4. The lowest BCUT2D eigenvalue weighted by Gasteiger charge is -2.32. The van der Waals surface area contributed by atoms with Crippen LogP contribution in [0, 0.1) is 5.92 Å². The van der Waals surface area contributed by atoms with E-state index in [2.05, 4.69) is 10.6 Å². The van der Waals surface area contributed by atoms with Gasteiger partial charge >= 0.3 is 0 Å². The van der Waals surface area contributed by atoms with Crippen molar-refractivity contribution >= 4 is 11.8 Å². The molecule has 9 nitrogen and oxygen atoms in total. The van der Waals surface area contributed by atoms with E-state index < -0.39 is 0 Å². The highest BCUT2D eigenvalue weighted by Gasteiger charge is 2.32. The Labute approximate surface area is 215 Å². The molecule has 2 heterocycles. The highest BCUT2D eigenvalue weighted by atomic mass is 16.5. The molecule has 0 bridgehead atoms. The number of benzene rings is 1. The van der Waals surface area contributed by atoms with Crippen LogP contribution in [0.4, 0.5) is 0 Å². The van der Waals surface area contributed by atoms with Crippen LogP contribution in [-0.2, 0) is 9.53 Å². The number of carbonyl (C=O) groups excluding carboxylic acids is 2. The third-order valence-electron chi connectivity index (χ3n) is 7.04. The van der Waals surface area contributed by atoms with Crippen LogP contribution in [0.1, 0.15) is 49.9 Å². The van der Waals surface area contributed by atoms with Crippen molar-refractivity contribution in [2.75, 3.05) is 66.7 Å². The minimum Gasteiger partial charge on any atom is -0.493 e. The molecule has 0 unspecified atom stereocenters. The largest absolute Gasteiger partial charge is 0.493 e. The molecular formula is C27H44N4O5. The fourth-order valence-corrected chi connectivity index (χ4v) is 4.89. The minimum absolute atomic E-state index is 0.0295. The number of hydrogen-bond acceptors (Lipinski definition) is 7. The molecule has 36 heavy (non-hydrogen) atoms. The SMILES string of the molecule is COCCCOc1cc(C(=O)N(C[C@@H]2CNC[C@H]2NCC(=O)N2CCCCC2)C(C)C)ccc1OC. The summed E-state index contributed by atoms with van der Waals surface area (Å²) >= 11 is 0. The zero-order chi connectivity index (χ0) is 25.9. The van der Waals surface area contributed by atoms with Crippen molar-refractivity contribution in [2.45, 2.75) is 51.6 Å². The Kier molecular flexibility index (Phi) is 11.3. The maximum Gasteiger partial charge on any atom is 0.254 e. The fraction of sp³-hybridized carbons (Fsp3) is 0.704. The van der Waals surface area contributed by atoms with Crippen molar-refractivity contribution < 1.29 is 23.8 Å². The number of carbonyl (C=O) groups is 2. The molecule has 0 saturated carbocycles. The molecule has 2 N–H and O–H groups in total. The van der Waals surface area contributed by atoms with Crippen LogP contribution in [0.2, 0.25) is 0 Å². The number of amides is 2. The Morgan fingerprint density at radius 1 is 1.11 bits per heavy atom. The van der Waals surface area contributed by atoms with Gasteiger partial charge in [-0.15, -0.1) is 0 Å². The third kappa shape index (κ3) is 7.82. The van der Waals surface area contributed by atoms with Gasteiger partial charge in [0.25, 0.3) is 5.91 Å². The Bertz CT molecular complexity index is 843. The lowest BCUT2D eigenvalue weighted by Crippen LogP contribution is -2.49. The number of nitrogens with zero attached hydrogens (tertiary/aromatic N) is 2. The summed E-state index contributed by atoms with van der Waals surface area (Å²) in [5.41, 5.74) is 0.571. The second-order valence-corrected chi connectivity index (χ2v) is 9.96. The highest BCUT2D eigenvalue weighted by Crippen LogP contribution is 2.29. The van der Waals surface area contributed by atoms with Gasteiger partial charge in [0, 0.05) is 76.4 Å². The molecule has 0 spiro atoms. The highest BCUT2D eigenvalue weighted by molar-refractivity contribution is 5.95. The predicted octanol–water partition coefficient (Wildman–Crippen LogP) is 2.15. The molecule has 3 rings (SSSR count). The second kappa shape index (κ2) is 14.4. The molecule has 2 aliphatic rings. The summed E-state index contributed by atoms with van der Waals surface area (Å²) in [5.74, 6) is 1.51. The first-order valence-electron chi connectivity index (χ1n) is 13.3.